The fraction of sp³-hybridized carbons (Fsp3) is 0.588. The van der Waals surface area contributed by atoms with Crippen LogP contribution in [-0.2, 0) is 17.4 Å². The third kappa shape index (κ3) is 3.13. The molecule has 120 valence electrons. The van der Waals surface area contributed by atoms with Crippen molar-refractivity contribution in [2.45, 2.75) is 44.8 Å². The van der Waals surface area contributed by atoms with Crippen molar-refractivity contribution in [3.8, 4) is 0 Å². The van der Waals surface area contributed by atoms with Crippen LogP contribution in [0.15, 0.2) is 24.3 Å². The van der Waals surface area contributed by atoms with Crippen LogP contribution < -0.4 is 5.32 Å². The van der Waals surface area contributed by atoms with E-state index in [0.717, 1.165) is 30.5 Å². The summed E-state index contributed by atoms with van der Waals surface area (Å²) in [5.41, 5.74) is 0.163. The average Bonchev–Trinajstić information content (AvgIpc) is 2.92. The Labute approximate surface area is 128 Å². The highest BCUT2D eigenvalue weighted by molar-refractivity contribution is 5.82. The van der Waals surface area contributed by atoms with E-state index in [1.54, 1.807) is 0 Å². The molecule has 0 bridgehead atoms. The first-order chi connectivity index (χ1) is 10.4. The van der Waals surface area contributed by atoms with Crippen LogP contribution in [0.1, 0.15) is 37.3 Å². The fourth-order valence-corrected chi connectivity index (χ4v) is 3.78. The largest absolute Gasteiger partial charge is 0.416 e. The van der Waals surface area contributed by atoms with Crippen molar-refractivity contribution < 1.29 is 18.0 Å². The van der Waals surface area contributed by atoms with Crippen molar-refractivity contribution >= 4 is 5.91 Å². The van der Waals surface area contributed by atoms with Crippen LogP contribution in [0.25, 0.3) is 0 Å². The Balaban J connectivity index is 1.51. The molecule has 1 amide bonds. The summed E-state index contributed by atoms with van der Waals surface area (Å²) in [6, 6.07) is 5.09. The minimum atomic E-state index is -4.30. The molecule has 3 rings (SSSR count). The molecule has 2 aliphatic rings. The Morgan fingerprint density at radius 2 is 1.82 bits per heavy atom. The minimum Gasteiger partial charge on any atom is -0.353 e. The van der Waals surface area contributed by atoms with Crippen molar-refractivity contribution in [2.75, 3.05) is 0 Å². The van der Waals surface area contributed by atoms with Gasteiger partial charge in [-0.05, 0) is 55.7 Å². The standard InChI is InChI=1S/C17H20F3NO/c1-10(21-16(22)15-13-3-2-4-14(13)15)9-11-5-7-12(8-6-11)17(18,19)20/h5-8,10,13-15H,2-4,9H2,1H3,(H,21,22). The van der Waals surface area contributed by atoms with Crippen LogP contribution in [-0.4, -0.2) is 11.9 Å². The van der Waals surface area contributed by atoms with Crippen molar-refractivity contribution in [2.24, 2.45) is 17.8 Å². The highest BCUT2D eigenvalue weighted by Gasteiger charge is 2.56. The van der Waals surface area contributed by atoms with E-state index in [1.807, 2.05) is 6.92 Å². The van der Waals surface area contributed by atoms with E-state index < -0.39 is 11.7 Å². The molecule has 0 spiro atoms. The number of carbonyl (C=O) groups is 1. The molecule has 3 unspecified atom stereocenters. The number of hydrogen-bond donors (Lipinski definition) is 1. The molecule has 3 atom stereocenters. The summed E-state index contributed by atoms with van der Waals surface area (Å²) in [5, 5.41) is 3.00. The molecule has 2 saturated carbocycles. The van der Waals surface area contributed by atoms with Gasteiger partial charge in [0.2, 0.25) is 5.91 Å². The number of amides is 1. The number of nitrogens with one attached hydrogen (secondary N) is 1. The summed E-state index contributed by atoms with van der Waals surface area (Å²) >= 11 is 0. The van der Waals surface area contributed by atoms with Crippen molar-refractivity contribution in [1.29, 1.82) is 0 Å². The van der Waals surface area contributed by atoms with Gasteiger partial charge in [0, 0.05) is 12.0 Å². The Hall–Kier alpha value is -1.52. The number of fused-ring (bicyclic) bond motifs is 1. The third-order valence-corrected chi connectivity index (χ3v) is 4.92. The van der Waals surface area contributed by atoms with Crippen LogP contribution in [0.2, 0.25) is 0 Å². The smallest absolute Gasteiger partial charge is 0.353 e. The fourth-order valence-electron chi connectivity index (χ4n) is 3.78. The Morgan fingerprint density at radius 3 is 2.36 bits per heavy atom. The molecule has 5 heteroatoms. The summed E-state index contributed by atoms with van der Waals surface area (Å²) in [7, 11) is 0. The van der Waals surface area contributed by atoms with E-state index in [4.69, 9.17) is 0 Å². The van der Waals surface area contributed by atoms with Gasteiger partial charge >= 0.3 is 6.18 Å². The first kappa shape index (κ1) is 15.4. The van der Waals surface area contributed by atoms with Gasteiger partial charge in [0.15, 0.2) is 0 Å². The molecule has 0 radical (unpaired) electrons. The maximum Gasteiger partial charge on any atom is 0.416 e. The summed E-state index contributed by atoms with van der Waals surface area (Å²) < 4.78 is 37.5. The second-order valence-electron chi connectivity index (χ2n) is 6.59. The topological polar surface area (TPSA) is 29.1 Å². The second-order valence-corrected chi connectivity index (χ2v) is 6.59. The van der Waals surface area contributed by atoms with Gasteiger partial charge in [0.1, 0.15) is 0 Å². The third-order valence-electron chi connectivity index (χ3n) is 4.92. The van der Waals surface area contributed by atoms with Crippen LogP contribution in [0.3, 0.4) is 0 Å². The molecular formula is C17H20F3NO. The minimum absolute atomic E-state index is 0.0643. The normalized spacial score (nSPS) is 28.1. The van der Waals surface area contributed by atoms with Gasteiger partial charge in [0.25, 0.3) is 0 Å². The Morgan fingerprint density at radius 1 is 1.23 bits per heavy atom. The summed E-state index contributed by atoms with van der Waals surface area (Å²) in [5.74, 6) is 1.47. The molecular weight excluding hydrogens is 291 g/mol. The van der Waals surface area contributed by atoms with Gasteiger partial charge in [-0.3, -0.25) is 4.79 Å². The van der Waals surface area contributed by atoms with E-state index in [-0.39, 0.29) is 17.9 Å². The number of benzene rings is 1. The highest BCUT2D eigenvalue weighted by atomic mass is 19.4. The number of alkyl halides is 3. The molecule has 0 saturated heterocycles. The first-order valence-electron chi connectivity index (χ1n) is 7.83. The maximum absolute atomic E-state index is 12.5. The molecule has 2 fully saturated rings. The number of carbonyl (C=O) groups excluding carboxylic acids is 1. The lowest BCUT2D eigenvalue weighted by Gasteiger charge is -2.15. The zero-order valence-corrected chi connectivity index (χ0v) is 12.5. The molecule has 1 aromatic carbocycles. The quantitative estimate of drug-likeness (QED) is 0.900. The highest BCUT2D eigenvalue weighted by Crippen LogP contribution is 2.57. The lowest BCUT2D eigenvalue weighted by molar-refractivity contribution is -0.137. The zero-order chi connectivity index (χ0) is 15.9. The zero-order valence-electron chi connectivity index (χ0n) is 12.5. The molecule has 0 heterocycles. The lowest BCUT2D eigenvalue weighted by atomic mass is 10.0. The van der Waals surface area contributed by atoms with Gasteiger partial charge in [-0.25, -0.2) is 0 Å². The number of rotatable bonds is 4. The number of halogens is 3. The van der Waals surface area contributed by atoms with Crippen LogP contribution in [0.4, 0.5) is 13.2 Å². The van der Waals surface area contributed by atoms with E-state index >= 15 is 0 Å². The SMILES string of the molecule is CC(Cc1ccc(C(F)(F)F)cc1)NC(=O)C1C2CCCC21. The van der Waals surface area contributed by atoms with E-state index in [9.17, 15) is 18.0 Å². The van der Waals surface area contributed by atoms with E-state index in [1.165, 1.54) is 18.6 Å². The van der Waals surface area contributed by atoms with Crippen molar-refractivity contribution in [3.63, 3.8) is 0 Å². The van der Waals surface area contributed by atoms with Crippen molar-refractivity contribution in [3.05, 3.63) is 35.4 Å². The molecule has 2 nitrogen and oxygen atoms in total. The van der Waals surface area contributed by atoms with Gasteiger partial charge in [0.05, 0.1) is 5.56 Å². The van der Waals surface area contributed by atoms with Crippen molar-refractivity contribution in [1.82, 2.24) is 5.32 Å². The monoisotopic (exact) mass is 311 g/mol. The van der Waals surface area contributed by atoms with Crippen LogP contribution >= 0.6 is 0 Å². The summed E-state index contributed by atoms with van der Waals surface area (Å²) in [4.78, 5) is 12.1. The molecule has 1 aromatic rings. The second kappa shape index (κ2) is 5.60. The summed E-state index contributed by atoms with van der Waals surface area (Å²) in [6.07, 6.45) is -0.194. The first-order valence-corrected chi connectivity index (χ1v) is 7.83. The van der Waals surface area contributed by atoms with E-state index in [0.29, 0.717) is 18.3 Å². The molecule has 0 aliphatic heterocycles. The molecule has 22 heavy (non-hydrogen) atoms. The van der Waals surface area contributed by atoms with Gasteiger partial charge in [-0.15, -0.1) is 0 Å². The Bertz CT molecular complexity index is 542. The van der Waals surface area contributed by atoms with Gasteiger partial charge in [-0.1, -0.05) is 18.6 Å². The van der Waals surface area contributed by atoms with Gasteiger partial charge < -0.3 is 5.32 Å². The van der Waals surface area contributed by atoms with Crippen LogP contribution in [0.5, 0.6) is 0 Å². The lowest BCUT2D eigenvalue weighted by Crippen LogP contribution is -2.36. The van der Waals surface area contributed by atoms with E-state index in [2.05, 4.69) is 5.32 Å². The predicted octanol–water partition coefficient (Wildman–Crippen LogP) is 3.80. The molecule has 1 N–H and O–H groups in total. The summed E-state index contributed by atoms with van der Waals surface area (Å²) in [6.45, 7) is 1.90. The Kier molecular flexibility index (Phi) is 3.91. The van der Waals surface area contributed by atoms with Gasteiger partial charge in [-0.2, -0.15) is 13.2 Å². The number of hydrogen-bond acceptors (Lipinski definition) is 1. The molecule has 0 aromatic heterocycles. The molecule has 2 aliphatic carbocycles. The average molecular weight is 311 g/mol. The predicted molar refractivity (Wildman–Crippen MR) is 77.1 cm³/mol. The maximum atomic E-state index is 12.5. The van der Waals surface area contributed by atoms with Crippen LogP contribution in [0, 0.1) is 17.8 Å².